The van der Waals surface area contributed by atoms with Crippen molar-refractivity contribution >= 4 is 5.91 Å². The van der Waals surface area contributed by atoms with Crippen LogP contribution in [0.5, 0.6) is 5.88 Å². The fourth-order valence-electron chi connectivity index (χ4n) is 1.51. The second-order valence-electron chi connectivity index (χ2n) is 4.07. The summed E-state index contributed by atoms with van der Waals surface area (Å²) < 4.78 is 45.8. The lowest BCUT2D eigenvalue weighted by Crippen LogP contribution is -2.24. The summed E-state index contributed by atoms with van der Waals surface area (Å²) in [6.07, 6.45) is -0.529. The first-order chi connectivity index (χ1) is 9.96. The molecule has 0 saturated heterocycles. The molecule has 0 aliphatic carbocycles. The Hall–Kier alpha value is -2.51. The van der Waals surface area contributed by atoms with E-state index in [-0.39, 0.29) is 12.4 Å². The van der Waals surface area contributed by atoms with Crippen molar-refractivity contribution in [1.82, 2.24) is 10.3 Å². The highest BCUT2D eigenvalue weighted by Crippen LogP contribution is 2.19. The molecule has 2 heterocycles. The standard InChI is InChI=1S/C13H11F3N2O3/c14-13(15,16)8-21-12-9(2-1-4-17-12)6-18-11(19)10-3-5-20-7-10/h1-5,7H,6,8H2,(H,18,19). The lowest BCUT2D eigenvalue weighted by molar-refractivity contribution is -0.154. The third kappa shape index (κ3) is 4.51. The van der Waals surface area contributed by atoms with Crippen LogP contribution < -0.4 is 10.1 Å². The van der Waals surface area contributed by atoms with Crippen molar-refractivity contribution in [3.63, 3.8) is 0 Å². The van der Waals surface area contributed by atoms with Gasteiger partial charge >= 0.3 is 6.18 Å². The van der Waals surface area contributed by atoms with Crippen molar-refractivity contribution in [2.75, 3.05) is 6.61 Å². The highest BCUT2D eigenvalue weighted by Gasteiger charge is 2.29. The molecule has 112 valence electrons. The van der Waals surface area contributed by atoms with Gasteiger partial charge < -0.3 is 14.5 Å². The first-order valence-corrected chi connectivity index (χ1v) is 5.89. The monoisotopic (exact) mass is 300 g/mol. The van der Waals surface area contributed by atoms with Crippen molar-refractivity contribution in [2.45, 2.75) is 12.7 Å². The number of carbonyl (C=O) groups excluding carboxylic acids is 1. The molecule has 1 N–H and O–H groups in total. The highest BCUT2D eigenvalue weighted by molar-refractivity contribution is 5.93. The van der Waals surface area contributed by atoms with E-state index in [4.69, 9.17) is 4.42 Å². The van der Waals surface area contributed by atoms with Crippen LogP contribution in [0.1, 0.15) is 15.9 Å². The van der Waals surface area contributed by atoms with Gasteiger partial charge in [0.15, 0.2) is 6.61 Å². The summed E-state index contributed by atoms with van der Waals surface area (Å²) in [4.78, 5) is 15.4. The summed E-state index contributed by atoms with van der Waals surface area (Å²) in [5.74, 6) is -0.573. The molecule has 5 nitrogen and oxygen atoms in total. The number of nitrogens with zero attached hydrogens (tertiary/aromatic N) is 1. The van der Waals surface area contributed by atoms with Gasteiger partial charge in [-0.1, -0.05) is 6.07 Å². The number of aromatic nitrogens is 1. The SMILES string of the molecule is O=C(NCc1cccnc1OCC(F)(F)F)c1ccoc1. The number of halogens is 3. The van der Waals surface area contributed by atoms with Gasteiger partial charge in [0, 0.05) is 18.3 Å². The molecule has 0 fully saturated rings. The Balaban J connectivity index is 1.98. The topological polar surface area (TPSA) is 64.4 Å². The van der Waals surface area contributed by atoms with Gasteiger partial charge in [0.2, 0.25) is 5.88 Å². The van der Waals surface area contributed by atoms with Crippen molar-refractivity contribution in [3.8, 4) is 5.88 Å². The summed E-state index contributed by atoms with van der Waals surface area (Å²) in [6.45, 7) is -1.45. The summed E-state index contributed by atoms with van der Waals surface area (Å²) in [7, 11) is 0. The van der Waals surface area contributed by atoms with Gasteiger partial charge in [-0.25, -0.2) is 4.98 Å². The fourth-order valence-corrected chi connectivity index (χ4v) is 1.51. The van der Waals surface area contributed by atoms with Crippen molar-refractivity contribution in [2.24, 2.45) is 0 Å². The van der Waals surface area contributed by atoms with Gasteiger partial charge in [0.05, 0.1) is 11.8 Å². The zero-order chi connectivity index (χ0) is 15.3. The number of alkyl halides is 3. The first-order valence-electron chi connectivity index (χ1n) is 5.89. The van der Waals surface area contributed by atoms with E-state index in [1.54, 1.807) is 6.07 Å². The number of hydrogen-bond donors (Lipinski definition) is 1. The average molecular weight is 300 g/mol. The van der Waals surface area contributed by atoms with Crippen LogP contribution in [-0.2, 0) is 6.54 Å². The number of furan rings is 1. The van der Waals surface area contributed by atoms with E-state index in [1.807, 2.05) is 0 Å². The third-order valence-electron chi connectivity index (χ3n) is 2.45. The van der Waals surface area contributed by atoms with Crippen LogP contribution in [0.15, 0.2) is 41.3 Å². The lowest BCUT2D eigenvalue weighted by Gasteiger charge is -2.12. The van der Waals surface area contributed by atoms with Gasteiger partial charge in [-0.15, -0.1) is 0 Å². The van der Waals surface area contributed by atoms with E-state index < -0.39 is 18.7 Å². The van der Waals surface area contributed by atoms with Crippen LogP contribution in [0.2, 0.25) is 0 Å². The smallest absolute Gasteiger partial charge is 0.422 e. The number of nitrogens with one attached hydrogen (secondary N) is 1. The van der Waals surface area contributed by atoms with Crippen molar-refractivity contribution in [3.05, 3.63) is 48.0 Å². The Labute approximate surface area is 117 Å². The Morgan fingerprint density at radius 1 is 1.38 bits per heavy atom. The third-order valence-corrected chi connectivity index (χ3v) is 2.45. The maximum Gasteiger partial charge on any atom is 0.422 e. The molecule has 0 atom stereocenters. The van der Waals surface area contributed by atoms with Gasteiger partial charge in [0.25, 0.3) is 5.91 Å². The Morgan fingerprint density at radius 2 is 2.19 bits per heavy atom. The largest absolute Gasteiger partial charge is 0.472 e. The predicted molar refractivity (Wildman–Crippen MR) is 65.7 cm³/mol. The second-order valence-corrected chi connectivity index (χ2v) is 4.07. The molecule has 0 aliphatic rings. The summed E-state index contributed by atoms with van der Waals surface area (Å²) in [6, 6.07) is 4.54. The molecule has 0 radical (unpaired) electrons. The van der Waals surface area contributed by atoms with E-state index >= 15 is 0 Å². The van der Waals surface area contributed by atoms with E-state index in [0.29, 0.717) is 11.1 Å². The number of amides is 1. The van der Waals surface area contributed by atoms with Crippen LogP contribution in [0.3, 0.4) is 0 Å². The molecule has 8 heteroatoms. The van der Waals surface area contributed by atoms with Crippen LogP contribution >= 0.6 is 0 Å². The predicted octanol–water partition coefficient (Wildman–Crippen LogP) is 2.55. The Bertz CT molecular complexity index is 597. The van der Waals surface area contributed by atoms with Crippen LogP contribution in [0, 0.1) is 0 Å². The van der Waals surface area contributed by atoms with E-state index in [0.717, 1.165) is 0 Å². The molecule has 0 unspecified atom stereocenters. The number of carbonyl (C=O) groups is 1. The first kappa shape index (κ1) is 14.9. The van der Waals surface area contributed by atoms with E-state index in [2.05, 4.69) is 15.0 Å². The van der Waals surface area contributed by atoms with E-state index in [1.165, 1.54) is 30.9 Å². The zero-order valence-corrected chi connectivity index (χ0v) is 10.7. The fraction of sp³-hybridized carbons (Fsp3) is 0.231. The zero-order valence-electron chi connectivity index (χ0n) is 10.7. The molecule has 0 bridgehead atoms. The molecule has 2 aromatic heterocycles. The Kier molecular flexibility index (Phi) is 4.46. The van der Waals surface area contributed by atoms with Gasteiger partial charge in [-0.05, 0) is 12.1 Å². The van der Waals surface area contributed by atoms with Crippen molar-refractivity contribution in [1.29, 1.82) is 0 Å². The van der Waals surface area contributed by atoms with Crippen LogP contribution in [0.4, 0.5) is 13.2 Å². The molecule has 1 amide bonds. The molecular formula is C13H11F3N2O3. The molecule has 2 rings (SSSR count). The van der Waals surface area contributed by atoms with Gasteiger partial charge in [0.1, 0.15) is 6.26 Å². The normalized spacial score (nSPS) is 11.2. The molecule has 2 aromatic rings. The van der Waals surface area contributed by atoms with E-state index in [9.17, 15) is 18.0 Å². The summed E-state index contributed by atoms with van der Waals surface area (Å²) in [5.41, 5.74) is 0.662. The second kappa shape index (κ2) is 6.29. The minimum Gasteiger partial charge on any atom is -0.472 e. The number of ether oxygens (including phenoxy) is 1. The van der Waals surface area contributed by atoms with Crippen LogP contribution in [-0.4, -0.2) is 23.7 Å². The Morgan fingerprint density at radius 3 is 2.86 bits per heavy atom. The quantitative estimate of drug-likeness (QED) is 0.921. The maximum atomic E-state index is 12.1. The maximum absolute atomic E-state index is 12.1. The molecule has 0 spiro atoms. The minimum absolute atomic E-state index is 0.00889. The van der Waals surface area contributed by atoms with Crippen molar-refractivity contribution < 1.29 is 27.1 Å². The molecule has 21 heavy (non-hydrogen) atoms. The number of rotatable bonds is 5. The minimum atomic E-state index is -4.45. The molecule has 0 saturated carbocycles. The molecular weight excluding hydrogens is 289 g/mol. The van der Waals surface area contributed by atoms with Crippen LogP contribution in [0.25, 0.3) is 0 Å². The number of pyridine rings is 1. The highest BCUT2D eigenvalue weighted by atomic mass is 19.4. The van der Waals surface area contributed by atoms with Gasteiger partial charge in [-0.2, -0.15) is 13.2 Å². The molecule has 0 aromatic carbocycles. The number of hydrogen-bond acceptors (Lipinski definition) is 4. The lowest BCUT2D eigenvalue weighted by atomic mass is 10.2. The summed E-state index contributed by atoms with van der Waals surface area (Å²) >= 11 is 0. The summed E-state index contributed by atoms with van der Waals surface area (Å²) in [5, 5.41) is 2.54. The average Bonchev–Trinajstić information content (AvgIpc) is 2.96. The molecule has 0 aliphatic heterocycles. The van der Waals surface area contributed by atoms with Gasteiger partial charge in [-0.3, -0.25) is 4.79 Å².